The first-order valence-corrected chi connectivity index (χ1v) is 5.88. The van der Waals surface area contributed by atoms with Gasteiger partial charge in [0.05, 0.1) is 4.88 Å². The maximum Gasteiger partial charge on any atom is 0.149 e. The number of hydrogen-bond acceptors (Lipinski definition) is 2. The Labute approximate surface area is 94.6 Å². The average molecular weight is 220 g/mol. The predicted octanol–water partition coefficient (Wildman–Crippen LogP) is 3.45. The molecule has 2 aromatic heterocycles. The molecule has 3 heteroatoms. The van der Waals surface area contributed by atoms with Crippen LogP contribution >= 0.6 is 11.3 Å². The Morgan fingerprint density at radius 3 is 2.47 bits per heavy atom. The molecule has 2 aromatic rings. The van der Waals surface area contributed by atoms with Gasteiger partial charge in [0, 0.05) is 24.3 Å². The summed E-state index contributed by atoms with van der Waals surface area (Å²) in [5.74, 6) is 1.05. The Balaban J connectivity index is 2.41. The molecule has 80 valence electrons. The van der Waals surface area contributed by atoms with E-state index in [0.29, 0.717) is 0 Å². The molecule has 0 radical (unpaired) electrons. The number of rotatable bonds is 1. The van der Waals surface area contributed by atoms with Crippen LogP contribution in [-0.4, -0.2) is 9.55 Å². The van der Waals surface area contributed by atoms with E-state index in [1.54, 1.807) is 0 Å². The summed E-state index contributed by atoms with van der Waals surface area (Å²) in [6.07, 6.45) is 3.82. The molecule has 0 aromatic carbocycles. The molecule has 0 unspecified atom stereocenters. The highest BCUT2D eigenvalue weighted by Gasteiger charge is 2.17. The highest BCUT2D eigenvalue weighted by molar-refractivity contribution is 7.15. The van der Waals surface area contributed by atoms with E-state index in [1.165, 1.54) is 9.75 Å². The minimum atomic E-state index is 0.230. The highest BCUT2D eigenvalue weighted by Crippen LogP contribution is 2.33. The molecule has 0 aliphatic carbocycles. The van der Waals surface area contributed by atoms with E-state index < -0.39 is 0 Å². The van der Waals surface area contributed by atoms with Crippen molar-refractivity contribution in [1.29, 1.82) is 0 Å². The lowest BCUT2D eigenvalue weighted by molar-refractivity contribution is 0.604. The topological polar surface area (TPSA) is 17.8 Å². The third-order valence-electron chi connectivity index (χ3n) is 2.39. The third kappa shape index (κ3) is 1.97. The molecule has 0 bridgehead atoms. The smallest absolute Gasteiger partial charge is 0.149 e. The standard InChI is InChI=1S/C12H16N2S/c1-12(2,3)10-6-5-9(15-10)11-13-7-8-14(11)4/h5-8H,1-4H3. The minimum Gasteiger partial charge on any atom is -0.333 e. The second-order valence-corrected chi connectivity index (χ2v) is 5.86. The predicted molar refractivity (Wildman–Crippen MR) is 65.2 cm³/mol. The Morgan fingerprint density at radius 1 is 1.27 bits per heavy atom. The molecule has 0 saturated carbocycles. The van der Waals surface area contributed by atoms with Crippen LogP contribution in [0.4, 0.5) is 0 Å². The number of thiophene rings is 1. The summed E-state index contributed by atoms with van der Waals surface area (Å²) in [7, 11) is 2.03. The lowest BCUT2D eigenvalue weighted by Crippen LogP contribution is -2.07. The van der Waals surface area contributed by atoms with Gasteiger partial charge < -0.3 is 4.57 Å². The Morgan fingerprint density at radius 2 is 2.00 bits per heavy atom. The molecule has 0 saturated heterocycles. The summed E-state index contributed by atoms with van der Waals surface area (Å²) >= 11 is 1.83. The molecule has 0 atom stereocenters. The van der Waals surface area contributed by atoms with Crippen molar-refractivity contribution in [3.05, 3.63) is 29.4 Å². The second-order valence-electron chi connectivity index (χ2n) is 4.78. The second kappa shape index (κ2) is 3.49. The molecular weight excluding hydrogens is 204 g/mol. The first-order valence-electron chi connectivity index (χ1n) is 5.06. The van der Waals surface area contributed by atoms with E-state index in [4.69, 9.17) is 0 Å². The van der Waals surface area contributed by atoms with Crippen molar-refractivity contribution in [1.82, 2.24) is 9.55 Å². The zero-order valence-electron chi connectivity index (χ0n) is 9.61. The maximum atomic E-state index is 4.35. The first kappa shape index (κ1) is 10.4. The van der Waals surface area contributed by atoms with Gasteiger partial charge >= 0.3 is 0 Å². The van der Waals surface area contributed by atoms with Gasteiger partial charge in [0.15, 0.2) is 0 Å². The van der Waals surface area contributed by atoms with E-state index in [9.17, 15) is 0 Å². The van der Waals surface area contributed by atoms with Gasteiger partial charge in [-0.2, -0.15) is 0 Å². The fraction of sp³-hybridized carbons (Fsp3) is 0.417. The summed E-state index contributed by atoms with van der Waals surface area (Å²) < 4.78 is 2.05. The molecule has 0 spiro atoms. The van der Waals surface area contributed by atoms with Gasteiger partial charge in [0.25, 0.3) is 0 Å². The van der Waals surface area contributed by atoms with Gasteiger partial charge in [0.2, 0.25) is 0 Å². The van der Waals surface area contributed by atoms with Crippen molar-refractivity contribution in [3.63, 3.8) is 0 Å². The van der Waals surface area contributed by atoms with E-state index >= 15 is 0 Å². The van der Waals surface area contributed by atoms with E-state index in [-0.39, 0.29) is 5.41 Å². The summed E-state index contributed by atoms with van der Waals surface area (Å²) in [6.45, 7) is 6.71. The first-order chi connectivity index (χ1) is 6.98. The largest absolute Gasteiger partial charge is 0.333 e. The number of imidazole rings is 1. The minimum absolute atomic E-state index is 0.230. The van der Waals surface area contributed by atoms with Crippen molar-refractivity contribution < 1.29 is 0 Å². The lowest BCUT2D eigenvalue weighted by Gasteiger charge is -2.15. The van der Waals surface area contributed by atoms with E-state index in [2.05, 4.69) is 42.5 Å². The molecule has 0 aliphatic heterocycles. The van der Waals surface area contributed by atoms with Crippen LogP contribution < -0.4 is 0 Å². The maximum absolute atomic E-state index is 4.35. The van der Waals surface area contributed by atoms with Gasteiger partial charge in [-0.3, -0.25) is 0 Å². The number of aromatic nitrogens is 2. The Kier molecular flexibility index (Phi) is 2.43. The molecule has 2 nitrogen and oxygen atoms in total. The molecule has 0 aliphatic rings. The molecule has 0 fully saturated rings. The van der Waals surface area contributed by atoms with Gasteiger partial charge in [-0.25, -0.2) is 4.98 Å². The molecule has 2 heterocycles. The van der Waals surface area contributed by atoms with Crippen LogP contribution in [0.1, 0.15) is 25.6 Å². The normalized spacial score (nSPS) is 12.0. The Bertz CT molecular complexity index is 460. The van der Waals surface area contributed by atoms with Gasteiger partial charge in [0.1, 0.15) is 5.82 Å². The van der Waals surface area contributed by atoms with Gasteiger partial charge in [-0.05, 0) is 17.5 Å². The van der Waals surface area contributed by atoms with Crippen LogP contribution in [-0.2, 0) is 12.5 Å². The molecule has 15 heavy (non-hydrogen) atoms. The van der Waals surface area contributed by atoms with Crippen molar-refractivity contribution in [3.8, 4) is 10.7 Å². The highest BCUT2D eigenvalue weighted by atomic mass is 32.1. The SMILES string of the molecule is Cn1ccnc1-c1ccc(C(C)(C)C)s1. The summed E-state index contributed by atoms with van der Waals surface area (Å²) in [5.41, 5.74) is 0.230. The molecule has 0 N–H and O–H groups in total. The van der Waals surface area contributed by atoms with Crippen LogP contribution in [0.3, 0.4) is 0 Å². The fourth-order valence-electron chi connectivity index (χ4n) is 1.46. The van der Waals surface area contributed by atoms with Crippen molar-refractivity contribution in [2.24, 2.45) is 7.05 Å². The van der Waals surface area contributed by atoms with Crippen molar-refractivity contribution in [2.75, 3.05) is 0 Å². The summed E-state index contributed by atoms with van der Waals surface area (Å²) in [4.78, 5) is 7.00. The van der Waals surface area contributed by atoms with Crippen LogP contribution in [0.5, 0.6) is 0 Å². The summed E-state index contributed by atoms with van der Waals surface area (Å²) in [5, 5.41) is 0. The average Bonchev–Trinajstić information content (AvgIpc) is 2.69. The van der Waals surface area contributed by atoms with Gasteiger partial charge in [-0.15, -0.1) is 11.3 Å². The third-order valence-corrected chi connectivity index (χ3v) is 3.89. The lowest BCUT2D eigenvalue weighted by atomic mass is 9.95. The fourth-order valence-corrected chi connectivity index (χ4v) is 2.57. The van der Waals surface area contributed by atoms with Crippen LogP contribution in [0.15, 0.2) is 24.5 Å². The Hall–Kier alpha value is -1.09. The summed E-state index contributed by atoms with van der Waals surface area (Å²) in [6, 6.07) is 4.36. The number of nitrogens with zero attached hydrogens (tertiary/aromatic N) is 2. The quantitative estimate of drug-likeness (QED) is 0.719. The molecule has 0 amide bonds. The van der Waals surface area contributed by atoms with Crippen molar-refractivity contribution >= 4 is 11.3 Å². The number of hydrogen-bond donors (Lipinski definition) is 0. The van der Waals surface area contributed by atoms with Crippen LogP contribution in [0, 0.1) is 0 Å². The van der Waals surface area contributed by atoms with Crippen LogP contribution in [0.25, 0.3) is 10.7 Å². The zero-order valence-corrected chi connectivity index (χ0v) is 10.4. The molecule has 2 rings (SSSR count). The number of aryl methyl sites for hydroxylation is 1. The van der Waals surface area contributed by atoms with E-state index in [1.807, 2.05) is 30.8 Å². The van der Waals surface area contributed by atoms with Crippen LogP contribution in [0.2, 0.25) is 0 Å². The van der Waals surface area contributed by atoms with E-state index in [0.717, 1.165) is 5.82 Å². The molecular formula is C12H16N2S. The van der Waals surface area contributed by atoms with Crippen molar-refractivity contribution in [2.45, 2.75) is 26.2 Å². The zero-order chi connectivity index (χ0) is 11.1. The van der Waals surface area contributed by atoms with Gasteiger partial charge in [-0.1, -0.05) is 20.8 Å². The monoisotopic (exact) mass is 220 g/mol.